The predicted octanol–water partition coefficient (Wildman–Crippen LogP) is 2.81. The van der Waals surface area contributed by atoms with Crippen molar-refractivity contribution in [3.63, 3.8) is 0 Å². The van der Waals surface area contributed by atoms with Crippen LogP contribution in [0.1, 0.15) is 21.5 Å². The number of nitrogens with one attached hydrogen (secondary N) is 2. The molecular weight excluding hydrogens is 408 g/mol. The summed E-state index contributed by atoms with van der Waals surface area (Å²) in [5.41, 5.74) is 2.20. The van der Waals surface area contributed by atoms with E-state index in [0.717, 1.165) is 11.1 Å². The minimum Gasteiger partial charge on any atom is -0.489 e. The van der Waals surface area contributed by atoms with Crippen molar-refractivity contribution in [3.05, 3.63) is 102 Å². The molecular formula is C25H24N2O5. The van der Waals surface area contributed by atoms with Gasteiger partial charge in [-0.25, -0.2) is 4.79 Å². The first-order valence-corrected chi connectivity index (χ1v) is 10.1. The highest BCUT2D eigenvalue weighted by Gasteiger charge is 2.21. The summed E-state index contributed by atoms with van der Waals surface area (Å²) < 4.78 is 5.73. The summed E-state index contributed by atoms with van der Waals surface area (Å²) in [5.74, 6) is -1.47. The van der Waals surface area contributed by atoms with Gasteiger partial charge in [-0.15, -0.1) is 0 Å². The van der Waals surface area contributed by atoms with Crippen molar-refractivity contribution < 1.29 is 24.2 Å². The predicted molar refractivity (Wildman–Crippen MR) is 119 cm³/mol. The molecule has 7 nitrogen and oxygen atoms in total. The molecule has 0 aliphatic carbocycles. The third-order valence-corrected chi connectivity index (χ3v) is 4.69. The fourth-order valence-electron chi connectivity index (χ4n) is 3.00. The molecule has 0 aliphatic rings. The number of benzene rings is 3. The monoisotopic (exact) mass is 432 g/mol. The summed E-state index contributed by atoms with van der Waals surface area (Å²) in [5, 5.41) is 14.4. The fourth-order valence-corrected chi connectivity index (χ4v) is 3.00. The van der Waals surface area contributed by atoms with Gasteiger partial charge in [-0.2, -0.15) is 0 Å². The van der Waals surface area contributed by atoms with Gasteiger partial charge in [-0.05, 0) is 35.4 Å². The van der Waals surface area contributed by atoms with E-state index < -0.39 is 23.8 Å². The summed E-state index contributed by atoms with van der Waals surface area (Å²) in [6, 6.07) is 24.2. The van der Waals surface area contributed by atoms with Gasteiger partial charge >= 0.3 is 5.97 Å². The summed E-state index contributed by atoms with van der Waals surface area (Å²) in [7, 11) is 0. The van der Waals surface area contributed by atoms with E-state index in [4.69, 9.17) is 4.74 Å². The number of ether oxygens (including phenoxy) is 1. The Balaban J connectivity index is 1.49. The molecule has 0 heterocycles. The summed E-state index contributed by atoms with van der Waals surface area (Å²) in [6.07, 6.45) is 0.104. The number of aliphatic carboxylic acids is 1. The molecule has 0 spiro atoms. The van der Waals surface area contributed by atoms with Gasteiger partial charge in [0.05, 0.1) is 6.54 Å². The highest BCUT2D eigenvalue weighted by Crippen LogP contribution is 2.15. The topological polar surface area (TPSA) is 105 Å². The number of carboxylic acid groups (broad SMARTS) is 1. The zero-order chi connectivity index (χ0) is 22.8. The Labute approximate surface area is 186 Å². The van der Waals surface area contributed by atoms with E-state index in [-0.39, 0.29) is 13.0 Å². The molecule has 0 unspecified atom stereocenters. The second kappa shape index (κ2) is 11.3. The van der Waals surface area contributed by atoms with E-state index in [0.29, 0.717) is 17.9 Å². The van der Waals surface area contributed by atoms with Crippen molar-refractivity contribution in [1.29, 1.82) is 0 Å². The number of hydrogen-bond acceptors (Lipinski definition) is 4. The Morgan fingerprint density at radius 1 is 0.812 bits per heavy atom. The number of carboxylic acids is 1. The summed E-state index contributed by atoms with van der Waals surface area (Å²) >= 11 is 0. The maximum atomic E-state index is 12.1. The molecule has 0 radical (unpaired) electrons. The molecule has 3 N–H and O–H groups in total. The highest BCUT2D eigenvalue weighted by molar-refractivity contribution is 5.96. The molecule has 0 fully saturated rings. The third kappa shape index (κ3) is 6.98. The Morgan fingerprint density at radius 3 is 2.06 bits per heavy atom. The Kier molecular flexibility index (Phi) is 7.97. The molecule has 0 saturated heterocycles. The van der Waals surface area contributed by atoms with Gasteiger partial charge in [0.1, 0.15) is 18.4 Å². The van der Waals surface area contributed by atoms with Crippen LogP contribution in [0.3, 0.4) is 0 Å². The summed E-state index contributed by atoms with van der Waals surface area (Å²) in [6.45, 7) is 0.118. The van der Waals surface area contributed by atoms with Gasteiger partial charge in [0.2, 0.25) is 5.91 Å². The normalized spacial score (nSPS) is 11.2. The number of carbonyl (C=O) groups is 3. The summed E-state index contributed by atoms with van der Waals surface area (Å²) in [4.78, 5) is 35.8. The number of amides is 2. The number of carbonyl (C=O) groups excluding carboxylic acids is 2. The molecule has 3 rings (SSSR count). The van der Waals surface area contributed by atoms with Crippen molar-refractivity contribution in [2.75, 3.05) is 6.54 Å². The van der Waals surface area contributed by atoms with E-state index in [2.05, 4.69) is 10.6 Å². The maximum Gasteiger partial charge on any atom is 0.326 e. The van der Waals surface area contributed by atoms with Crippen LogP contribution in [0.25, 0.3) is 0 Å². The molecule has 164 valence electrons. The van der Waals surface area contributed by atoms with E-state index in [1.807, 2.05) is 30.3 Å². The van der Waals surface area contributed by atoms with Crippen molar-refractivity contribution in [1.82, 2.24) is 10.6 Å². The quantitative estimate of drug-likeness (QED) is 0.457. The van der Waals surface area contributed by atoms with E-state index in [1.54, 1.807) is 54.6 Å². The molecule has 7 heteroatoms. The van der Waals surface area contributed by atoms with Gasteiger partial charge in [0, 0.05) is 12.0 Å². The van der Waals surface area contributed by atoms with Crippen LogP contribution in [0.5, 0.6) is 5.75 Å². The zero-order valence-corrected chi connectivity index (χ0v) is 17.4. The van der Waals surface area contributed by atoms with Crippen molar-refractivity contribution in [3.8, 4) is 5.75 Å². The molecule has 0 bridgehead atoms. The van der Waals surface area contributed by atoms with Crippen LogP contribution >= 0.6 is 0 Å². The van der Waals surface area contributed by atoms with Crippen LogP contribution in [0, 0.1) is 0 Å². The van der Waals surface area contributed by atoms with Crippen molar-refractivity contribution >= 4 is 17.8 Å². The van der Waals surface area contributed by atoms with Crippen LogP contribution in [0.4, 0.5) is 0 Å². The van der Waals surface area contributed by atoms with Gasteiger partial charge in [-0.1, -0.05) is 60.7 Å². The Morgan fingerprint density at radius 2 is 1.44 bits per heavy atom. The van der Waals surface area contributed by atoms with Crippen molar-refractivity contribution in [2.24, 2.45) is 0 Å². The Hall–Kier alpha value is -4.13. The largest absolute Gasteiger partial charge is 0.489 e. The standard InChI is InChI=1S/C25H24N2O5/c28-23(16-26-24(29)20-9-5-2-6-10-20)27-22(25(30)31)15-18-11-13-21(14-12-18)32-17-19-7-3-1-4-8-19/h1-14,22H,15-17H2,(H,26,29)(H,27,28)(H,30,31)/t22-/m1/s1. The highest BCUT2D eigenvalue weighted by atomic mass is 16.5. The number of hydrogen-bond donors (Lipinski definition) is 3. The maximum absolute atomic E-state index is 12.1. The van der Waals surface area contributed by atoms with Gasteiger partial charge in [0.25, 0.3) is 5.91 Å². The van der Waals surface area contributed by atoms with Gasteiger partial charge < -0.3 is 20.5 Å². The number of rotatable bonds is 10. The van der Waals surface area contributed by atoms with E-state index in [1.165, 1.54) is 0 Å². The van der Waals surface area contributed by atoms with E-state index in [9.17, 15) is 19.5 Å². The smallest absolute Gasteiger partial charge is 0.326 e. The molecule has 32 heavy (non-hydrogen) atoms. The van der Waals surface area contributed by atoms with Crippen molar-refractivity contribution in [2.45, 2.75) is 19.1 Å². The molecule has 0 aromatic heterocycles. The minimum absolute atomic E-state index is 0.104. The van der Waals surface area contributed by atoms with Gasteiger partial charge in [0.15, 0.2) is 0 Å². The minimum atomic E-state index is -1.16. The molecule has 2 amide bonds. The third-order valence-electron chi connectivity index (χ3n) is 4.69. The molecule has 0 saturated carbocycles. The lowest BCUT2D eigenvalue weighted by atomic mass is 10.1. The SMILES string of the molecule is O=C(CNC(=O)c1ccccc1)N[C@H](Cc1ccc(OCc2ccccc2)cc1)C(=O)O. The lowest BCUT2D eigenvalue weighted by molar-refractivity contribution is -0.141. The van der Waals surface area contributed by atoms with Crippen LogP contribution in [-0.4, -0.2) is 35.5 Å². The fraction of sp³-hybridized carbons (Fsp3) is 0.160. The zero-order valence-electron chi connectivity index (χ0n) is 17.4. The first kappa shape index (κ1) is 22.6. The molecule has 1 atom stereocenters. The van der Waals surface area contributed by atoms with Gasteiger partial charge in [-0.3, -0.25) is 9.59 Å². The first-order chi connectivity index (χ1) is 15.5. The second-order valence-corrected chi connectivity index (χ2v) is 7.13. The van der Waals surface area contributed by atoms with Crippen LogP contribution < -0.4 is 15.4 Å². The molecule has 0 aliphatic heterocycles. The Bertz CT molecular complexity index is 1040. The lowest BCUT2D eigenvalue weighted by Gasteiger charge is -2.15. The average Bonchev–Trinajstić information content (AvgIpc) is 2.82. The van der Waals surface area contributed by atoms with Crippen LogP contribution in [-0.2, 0) is 22.6 Å². The van der Waals surface area contributed by atoms with Crippen LogP contribution in [0.2, 0.25) is 0 Å². The lowest BCUT2D eigenvalue weighted by Crippen LogP contribution is -2.46. The molecule has 3 aromatic rings. The second-order valence-electron chi connectivity index (χ2n) is 7.13. The van der Waals surface area contributed by atoms with Crippen LogP contribution in [0.15, 0.2) is 84.9 Å². The average molecular weight is 432 g/mol. The first-order valence-electron chi connectivity index (χ1n) is 10.1. The molecule has 3 aromatic carbocycles. The van der Waals surface area contributed by atoms with E-state index >= 15 is 0 Å².